The summed E-state index contributed by atoms with van der Waals surface area (Å²) in [6.07, 6.45) is 7.60. The molecule has 0 bridgehead atoms. The Hall–Kier alpha value is -0.0400. The van der Waals surface area contributed by atoms with Gasteiger partial charge in [-0.2, -0.15) is 0 Å². The van der Waals surface area contributed by atoms with Gasteiger partial charge in [0.15, 0.2) is 0 Å². The smallest absolute Gasteiger partial charge is 0.0786 e. The van der Waals surface area contributed by atoms with E-state index in [0.717, 1.165) is 11.8 Å². The second-order valence-electron chi connectivity index (χ2n) is 3.91. The van der Waals surface area contributed by atoms with Crippen LogP contribution in [0.2, 0.25) is 0 Å². The zero-order chi connectivity index (χ0) is 6.81. The van der Waals surface area contributed by atoms with Crippen LogP contribution in [0.5, 0.6) is 0 Å². The fourth-order valence-corrected chi connectivity index (χ4v) is 2.64. The van der Waals surface area contributed by atoms with Crippen molar-refractivity contribution >= 4 is 0 Å². The van der Waals surface area contributed by atoms with Gasteiger partial charge in [0.25, 0.3) is 0 Å². The van der Waals surface area contributed by atoms with Gasteiger partial charge in [-0.05, 0) is 25.2 Å². The number of quaternary nitrogens is 1. The van der Waals surface area contributed by atoms with E-state index in [4.69, 9.17) is 0 Å². The molecular formula is C9H18N+. The Bertz CT molecular complexity index is 85.3. The number of hydrogen-bond donors (Lipinski definition) is 1. The summed E-state index contributed by atoms with van der Waals surface area (Å²) in [6, 6.07) is 0. The standard InChI is InChI=1S/C9H17N/c1-2-4-9-7-10-6-5-8(9)3-1/h8-10H,1-7H2/p+1/t8-,9-/m0/s1. The summed E-state index contributed by atoms with van der Waals surface area (Å²) in [4.78, 5) is 0. The van der Waals surface area contributed by atoms with Gasteiger partial charge in [0.1, 0.15) is 0 Å². The van der Waals surface area contributed by atoms with Gasteiger partial charge in [0.2, 0.25) is 0 Å². The number of piperidine rings is 1. The third-order valence-corrected chi connectivity index (χ3v) is 3.28. The average Bonchev–Trinajstić information content (AvgIpc) is 2.05. The molecular weight excluding hydrogens is 122 g/mol. The van der Waals surface area contributed by atoms with Crippen molar-refractivity contribution in [3.8, 4) is 0 Å². The first kappa shape index (κ1) is 6.66. The van der Waals surface area contributed by atoms with E-state index in [2.05, 4.69) is 5.32 Å². The summed E-state index contributed by atoms with van der Waals surface area (Å²) in [6.45, 7) is 2.84. The lowest BCUT2D eigenvalue weighted by atomic mass is 9.76. The minimum absolute atomic E-state index is 1.10. The van der Waals surface area contributed by atoms with Crippen LogP contribution in [0.3, 0.4) is 0 Å². The zero-order valence-corrected chi connectivity index (χ0v) is 6.68. The highest BCUT2D eigenvalue weighted by Crippen LogP contribution is 2.31. The highest BCUT2D eigenvalue weighted by molar-refractivity contribution is 4.75. The highest BCUT2D eigenvalue weighted by Gasteiger charge is 2.29. The van der Waals surface area contributed by atoms with Crippen molar-refractivity contribution in [2.75, 3.05) is 13.1 Å². The Labute approximate surface area is 63.2 Å². The molecule has 1 heteroatoms. The second-order valence-corrected chi connectivity index (χ2v) is 3.91. The van der Waals surface area contributed by atoms with Crippen LogP contribution >= 0.6 is 0 Å². The molecule has 2 N–H and O–H groups in total. The maximum atomic E-state index is 2.51. The largest absolute Gasteiger partial charge is 0.346 e. The molecule has 2 rings (SSSR count). The molecule has 1 aliphatic heterocycles. The molecule has 0 amide bonds. The van der Waals surface area contributed by atoms with Crippen molar-refractivity contribution in [3.63, 3.8) is 0 Å². The average molecular weight is 140 g/mol. The molecule has 0 aromatic heterocycles. The predicted octanol–water partition coefficient (Wildman–Crippen LogP) is 0.760. The zero-order valence-electron chi connectivity index (χ0n) is 6.68. The van der Waals surface area contributed by atoms with E-state index in [9.17, 15) is 0 Å². The summed E-state index contributed by atoms with van der Waals surface area (Å²) in [7, 11) is 0. The van der Waals surface area contributed by atoms with Gasteiger partial charge in [-0.3, -0.25) is 0 Å². The predicted molar refractivity (Wildman–Crippen MR) is 41.7 cm³/mol. The summed E-state index contributed by atoms with van der Waals surface area (Å²) in [5.41, 5.74) is 0. The van der Waals surface area contributed by atoms with E-state index in [1.54, 1.807) is 6.42 Å². The molecule has 2 aliphatic rings. The van der Waals surface area contributed by atoms with Crippen molar-refractivity contribution in [2.24, 2.45) is 11.8 Å². The molecule has 2 atom stereocenters. The molecule has 1 saturated carbocycles. The molecule has 0 unspecified atom stereocenters. The Kier molecular flexibility index (Phi) is 1.94. The van der Waals surface area contributed by atoms with Gasteiger partial charge in [-0.15, -0.1) is 0 Å². The minimum Gasteiger partial charge on any atom is -0.346 e. The van der Waals surface area contributed by atoms with E-state index in [0.29, 0.717) is 0 Å². The van der Waals surface area contributed by atoms with Gasteiger partial charge in [0.05, 0.1) is 13.1 Å². The topological polar surface area (TPSA) is 16.6 Å². The van der Waals surface area contributed by atoms with Gasteiger partial charge in [0, 0.05) is 5.92 Å². The molecule has 1 heterocycles. The molecule has 0 aromatic carbocycles. The van der Waals surface area contributed by atoms with E-state index in [-0.39, 0.29) is 0 Å². The van der Waals surface area contributed by atoms with E-state index in [1.165, 1.54) is 38.8 Å². The lowest BCUT2D eigenvalue weighted by Crippen LogP contribution is -2.88. The van der Waals surface area contributed by atoms with Crippen LogP contribution in [0.25, 0.3) is 0 Å². The van der Waals surface area contributed by atoms with Gasteiger partial charge in [-0.25, -0.2) is 0 Å². The first-order chi connectivity index (χ1) is 4.97. The first-order valence-electron chi connectivity index (χ1n) is 4.78. The summed E-state index contributed by atoms with van der Waals surface area (Å²) in [5.74, 6) is 2.22. The van der Waals surface area contributed by atoms with Crippen LogP contribution in [0.15, 0.2) is 0 Å². The number of rotatable bonds is 0. The second kappa shape index (κ2) is 2.91. The van der Waals surface area contributed by atoms with Gasteiger partial charge < -0.3 is 5.32 Å². The normalized spacial score (nSPS) is 40.8. The molecule has 58 valence electrons. The summed E-state index contributed by atoms with van der Waals surface area (Å²) in [5, 5.41) is 2.51. The lowest BCUT2D eigenvalue weighted by Gasteiger charge is -2.33. The molecule has 0 spiro atoms. The van der Waals surface area contributed by atoms with Crippen molar-refractivity contribution in [1.29, 1.82) is 0 Å². The van der Waals surface area contributed by atoms with Crippen LogP contribution in [0.4, 0.5) is 0 Å². The fraction of sp³-hybridized carbons (Fsp3) is 1.00. The third kappa shape index (κ3) is 1.20. The number of nitrogens with two attached hydrogens (primary N) is 1. The molecule has 1 saturated heterocycles. The van der Waals surface area contributed by atoms with Crippen LogP contribution in [-0.4, -0.2) is 13.1 Å². The maximum Gasteiger partial charge on any atom is 0.0786 e. The molecule has 0 radical (unpaired) electrons. The Morgan fingerprint density at radius 1 is 0.900 bits per heavy atom. The Morgan fingerprint density at radius 3 is 2.50 bits per heavy atom. The quantitative estimate of drug-likeness (QED) is 0.511. The van der Waals surface area contributed by atoms with Crippen molar-refractivity contribution in [1.82, 2.24) is 0 Å². The molecule has 2 fully saturated rings. The number of hydrogen-bond acceptors (Lipinski definition) is 0. The Morgan fingerprint density at radius 2 is 1.70 bits per heavy atom. The van der Waals surface area contributed by atoms with Crippen LogP contribution in [-0.2, 0) is 0 Å². The number of fused-ring (bicyclic) bond motifs is 1. The van der Waals surface area contributed by atoms with Gasteiger partial charge in [-0.1, -0.05) is 12.8 Å². The van der Waals surface area contributed by atoms with Crippen LogP contribution in [0, 0.1) is 11.8 Å². The van der Waals surface area contributed by atoms with Crippen LogP contribution < -0.4 is 5.32 Å². The maximum absolute atomic E-state index is 2.51. The first-order valence-corrected chi connectivity index (χ1v) is 4.78. The van der Waals surface area contributed by atoms with Crippen molar-refractivity contribution < 1.29 is 5.32 Å². The fourth-order valence-electron chi connectivity index (χ4n) is 2.64. The molecule has 10 heavy (non-hydrogen) atoms. The summed E-state index contributed by atoms with van der Waals surface area (Å²) < 4.78 is 0. The van der Waals surface area contributed by atoms with Gasteiger partial charge >= 0.3 is 0 Å². The molecule has 1 aliphatic carbocycles. The third-order valence-electron chi connectivity index (χ3n) is 3.28. The monoisotopic (exact) mass is 140 g/mol. The van der Waals surface area contributed by atoms with E-state index < -0.39 is 0 Å². The minimum atomic E-state index is 1.10. The SMILES string of the molecule is C1CC[C@H]2C[NH2+]CC[C@@H]2C1. The highest BCUT2D eigenvalue weighted by atomic mass is 14.9. The lowest BCUT2D eigenvalue weighted by molar-refractivity contribution is -0.672. The van der Waals surface area contributed by atoms with Crippen molar-refractivity contribution in [3.05, 3.63) is 0 Å². The van der Waals surface area contributed by atoms with Crippen LogP contribution in [0.1, 0.15) is 32.1 Å². The van der Waals surface area contributed by atoms with Crippen molar-refractivity contribution in [2.45, 2.75) is 32.1 Å². The van der Waals surface area contributed by atoms with E-state index >= 15 is 0 Å². The molecule has 0 aromatic rings. The summed E-state index contributed by atoms with van der Waals surface area (Å²) >= 11 is 0. The Balaban J connectivity index is 1.93. The van der Waals surface area contributed by atoms with E-state index in [1.807, 2.05) is 0 Å². The molecule has 1 nitrogen and oxygen atoms in total.